The zero-order valence-electron chi connectivity index (χ0n) is 13.6. The second kappa shape index (κ2) is 7.65. The number of rotatable bonds is 5. The molecule has 1 atom stereocenters. The van der Waals surface area contributed by atoms with Gasteiger partial charge in [0.2, 0.25) is 15.9 Å². The average molecular weight is 375 g/mol. The molecule has 8 nitrogen and oxygen atoms in total. The van der Waals surface area contributed by atoms with Crippen molar-refractivity contribution in [2.75, 3.05) is 6.54 Å². The number of sulfonamides is 1. The molecule has 2 N–H and O–H groups in total. The molecule has 0 radical (unpaired) electrons. The van der Waals surface area contributed by atoms with Crippen LogP contribution in [0.25, 0.3) is 0 Å². The van der Waals surface area contributed by atoms with E-state index in [4.69, 9.17) is 4.74 Å². The fraction of sp³-hybridized carbons (Fsp3) is 0.176. The lowest BCUT2D eigenvalue weighted by atomic mass is 10.2. The Hall–Kier alpha value is -2.75. The van der Waals surface area contributed by atoms with Crippen molar-refractivity contribution in [1.82, 2.24) is 14.8 Å². The number of nitrogens with zero attached hydrogens (tertiary/aromatic N) is 2. The molecule has 3 rings (SSSR count). The SMILES string of the molecule is O=C1[C@H](NS(=O)(=O)c2ccc(Oc3ccccn3)cc2)CC=CCN1O. The summed E-state index contributed by atoms with van der Waals surface area (Å²) in [6.45, 7) is 0.0244. The number of amides is 1. The Morgan fingerprint density at radius 1 is 1.15 bits per heavy atom. The van der Waals surface area contributed by atoms with Gasteiger partial charge in [-0.15, -0.1) is 0 Å². The number of hydroxylamine groups is 2. The largest absolute Gasteiger partial charge is 0.439 e. The van der Waals surface area contributed by atoms with Crippen LogP contribution < -0.4 is 9.46 Å². The molecule has 136 valence electrons. The Bertz CT molecular complexity index is 898. The number of hydrogen-bond acceptors (Lipinski definition) is 6. The van der Waals surface area contributed by atoms with Gasteiger partial charge < -0.3 is 4.74 Å². The van der Waals surface area contributed by atoms with E-state index in [1.807, 2.05) is 0 Å². The van der Waals surface area contributed by atoms with E-state index in [0.29, 0.717) is 16.7 Å². The van der Waals surface area contributed by atoms with E-state index in [0.717, 1.165) is 0 Å². The van der Waals surface area contributed by atoms with Crippen LogP contribution in [0.1, 0.15) is 6.42 Å². The minimum atomic E-state index is -3.94. The second-order valence-corrected chi connectivity index (χ2v) is 7.26. The van der Waals surface area contributed by atoms with Gasteiger partial charge in [0, 0.05) is 12.3 Å². The van der Waals surface area contributed by atoms with E-state index < -0.39 is 22.0 Å². The van der Waals surface area contributed by atoms with Gasteiger partial charge in [0.15, 0.2) is 0 Å². The molecule has 2 aromatic rings. The number of benzene rings is 1. The highest BCUT2D eigenvalue weighted by Crippen LogP contribution is 2.21. The maximum Gasteiger partial charge on any atom is 0.264 e. The maximum atomic E-state index is 12.5. The summed E-state index contributed by atoms with van der Waals surface area (Å²) in [4.78, 5) is 16.0. The molecule has 0 aliphatic carbocycles. The van der Waals surface area contributed by atoms with E-state index in [1.165, 1.54) is 24.3 Å². The van der Waals surface area contributed by atoms with E-state index in [2.05, 4.69) is 9.71 Å². The summed E-state index contributed by atoms with van der Waals surface area (Å²) in [5.41, 5.74) is 0. The van der Waals surface area contributed by atoms with Crippen LogP contribution in [0.4, 0.5) is 0 Å². The topological polar surface area (TPSA) is 109 Å². The lowest BCUT2D eigenvalue weighted by molar-refractivity contribution is -0.164. The molecule has 0 fully saturated rings. The highest BCUT2D eigenvalue weighted by Gasteiger charge is 2.29. The molecule has 0 spiro atoms. The third kappa shape index (κ3) is 4.26. The smallest absolute Gasteiger partial charge is 0.264 e. The first kappa shape index (κ1) is 18.1. The van der Waals surface area contributed by atoms with Crippen LogP contribution in [0.5, 0.6) is 11.6 Å². The summed E-state index contributed by atoms with van der Waals surface area (Å²) in [5.74, 6) is 0.117. The Balaban J connectivity index is 1.73. The highest BCUT2D eigenvalue weighted by molar-refractivity contribution is 7.89. The molecule has 0 unspecified atom stereocenters. The summed E-state index contributed by atoms with van der Waals surface area (Å²) in [7, 11) is -3.94. The van der Waals surface area contributed by atoms with Crippen molar-refractivity contribution in [3.05, 3.63) is 60.8 Å². The number of nitrogens with one attached hydrogen (secondary N) is 1. The van der Waals surface area contributed by atoms with Gasteiger partial charge in [-0.25, -0.2) is 18.5 Å². The second-order valence-electron chi connectivity index (χ2n) is 5.54. The predicted octanol–water partition coefficient (Wildman–Crippen LogP) is 1.70. The molecule has 9 heteroatoms. The fourth-order valence-electron chi connectivity index (χ4n) is 2.35. The van der Waals surface area contributed by atoms with Gasteiger partial charge in [-0.2, -0.15) is 4.72 Å². The summed E-state index contributed by atoms with van der Waals surface area (Å²) in [6.07, 6.45) is 4.98. The molecular formula is C17H17N3O5S. The molecule has 1 aromatic carbocycles. The lowest BCUT2D eigenvalue weighted by Crippen LogP contribution is -2.46. The van der Waals surface area contributed by atoms with Crippen molar-refractivity contribution in [3.8, 4) is 11.6 Å². The maximum absolute atomic E-state index is 12.5. The number of aromatic nitrogens is 1. The highest BCUT2D eigenvalue weighted by atomic mass is 32.2. The van der Waals surface area contributed by atoms with Gasteiger partial charge in [-0.05, 0) is 36.8 Å². The quantitative estimate of drug-likeness (QED) is 0.608. The molecule has 26 heavy (non-hydrogen) atoms. The molecule has 1 aliphatic heterocycles. The van der Waals surface area contributed by atoms with Gasteiger partial charge in [0.1, 0.15) is 11.8 Å². The molecule has 2 heterocycles. The Morgan fingerprint density at radius 2 is 1.92 bits per heavy atom. The summed E-state index contributed by atoms with van der Waals surface area (Å²) < 4.78 is 32.8. The number of hydrogen-bond donors (Lipinski definition) is 2. The minimum absolute atomic E-state index is 0.0172. The van der Waals surface area contributed by atoms with Gasteiger partial charge in [0.05, 0.1) is 11.4 Å². The standard InChI is InChI=1S/C17H17N3O5S/c21-17-15(5-2-4-12-20(17)22)19-26(23,24)14-9-7-13(8-10-14)25-16-6-1-3-11-18-16/h1-4,6-11,15,19,22H,5,12H2/t15-/m1/s1. The number of carbonyl (C=O) groups excluding carboxylic acids is 1. The van der Waals surface area contributed by atoms with Gasteiger partial charge in [0.25, 0.3) is 5.91 Å². The van der Waals surface area contributed by atoms with Crippen molar-refractivity contribution >= 4 is 15.9 Å². The van der Waals surface area contributed by atoms with E-state index in [9.17, 15) is 18.4 Å². The normalized spacial score (nSPS) is 17.8. The van der Waals surface area contributed by atoms with Gasteiger partial charge in [-0.1, -0.05) is 18.2 Å². The van der Waals surface area contributed by atoms with Crippen LogP contribution >= 0.6 is 0 Å². The first-order chi connectivity index (χ1) is 12.5. The zero-order valence-corrected chi connectivity index (χ0v) is 14.5. The van der Waals surface area contributed by atoms with E-state index >= 15 is 0 Å². The predicted molar refractivity (Wildman–Crippen MR) is 92.1 cm³/mol. The zero-order chi connectivity index (χ0) is 18.6. The molecule has 1 amide bonds. The molecule has 0 saturated carbocycles. The third-order valence-corrected chi connectivity index (χ3v) is 5.15. The number of carbonyl (C=O) groups is 1. The summed E-state index contributed by atoms with van der Waals surface area (Å²) in [5, 5.41) is 10.0. The number of ether oxygens (including phenoxy) is 1. The Morgan fingerprint density at radius 3 is 2.62 bits per heavy atom. The van der Waals surface area contributed by atoms with Gasteiger partial charge in [-0.3, -0.25) is 10.0 Å². The van der Waals surface area contributed by atoms with E-state index in [1.54, 1.807) is 36.5 Å². The van der Waals surface area contributed by atoms with Crippen LogP contribution in [-0.2, 0) is 14.8 Å². The minimum Gasteiger partial charge on any atom is -0.439 e. The van der Waals surface area contributed by atoms with Crippen LogP contribution in [0.15, 0.2) is 65.7 Å². The van der Waals surface area contributed by atoms with Crippen molar-refractivity contribution in [3.63, 3.8) is 0 Å². The number of pyridine rings is 1. The van der Waals surface area contributed by atoms with Crippen molar-refractivity contribution < 1.29 is 23.2 Å². The molecular weight excluding hydrogens is 358 g/mol. The third-order valence-electron chi connectivity index (χ3n) is 3.66. The summed E-state index contributed by atoms with van der Waals surface area (Å²) in [6, 6.07) is 9.88. The first-order valence-corrected chi connectivity index (χ1v) is 9.30. The van der Waals surface area contributed by atoms with E-state index in [-0.39, 0.29) is 17.9 Å². The Labute approximate surface area is 150 Å². The van der Waals surface area contributed by atoms with Crippen LogP contribution in [0.3, 0.4) is 0 Å². The Kier molecular flexibility index (Phi) is 5.31. The van der Waals surface area contributed by atoms with Crippen LogP contribution in [0, 0.1) is 0 Å². The summed E-state index contributed by atoms with van der Waals surface area (Å²) >= 11 is 0. The van der Waals surface area contributed by atoms with Crippen molar-refractivity contribution in [1.29, 1.82) is 0 Å². The van der Waals surface area contributed by atoms with Gasteiger partial charge >= 0.3 is 0 Å². The molecule has 1 aromatic heterocycles. The molecule has 0 saturated heterocycles. The van der Waals surface area contributed by atoms with Crippen LogP contribution in [0.2, 0.25) is 0 Å². The monoisotopic (exact) mass is 375 g/mol. The molecule has 0 bridgehead atoms. The van der Waals surface area contributed by atoms with Crippen molar-refractivity contribution in [2.45, 2.75) is 17.4 Å². The molecule has 1 aliphatic rings. The average Bonchev–Trinajstić information content (AvgIpc) is 2.78. The van der Waals surface area contributed by atoms with Crippen molar-refractivity contribution in [2.24, 2.45) is 0 Å². The lowest BCUT2D eigenvalue weighted by Gasteiger charge is -2.19. The van der Waals surface area contributed by atoms with Crippen LogP contribution in [-0.4, -0.2) is 42.2 Å². The fourth-order valence-corrected chi connectivity index (χ4v) is 3.55. The first-order valence-electron chi connectivity index (χ1n) is 7.82.